The number of fused-ring (bicyclic) bond motifs is 1. The predicted molar refractivity (Wildman–Crippen MR) is 136 cm³/mol. The molecule has 3 aromatic carbocycles. The molecule has 0 spiro atoms. The maximum atomic E-state index is 12.8. The molecule has 6 nitrogen and oxygen atoms in total. The lowest BCUT2D eigenvalue weighted by Gasteiger charge is -2.11. The standard InChI is InChI=1S/C27H27ClN4O2/c1-2-19-13-15-20(16-14-19)30-26(33)18-32-24-11-6-5-10-23(24)31-25(32)12-7-17-29-27(34)21-8-3-4-9-22(21)28/h3-6,8-11,13-16H,2,7,12,17-18H2,1H3,(H,29,34)(H,30,33). The number of anilines is 1. The number of rotatable bonds is 9. The molecule has 2 N–H and O–H groups in total. The Morgan fingerprint density at radius 1 is 0.971 bits per heavy atom. The van der Waals surface area contributed by atoms with E-state index in [2.05, 4.69) is 17.6 Å². The Morgan fingerprint density at radius 3 is 2.47 bits per heavy atom. The largest absolute Gasteiger partial charge is 0.352 e. The van der Waals surface area contributed by atoms with E-state index in [1.807, 2.05) is 53.1 Å². The van der Waals surface area contributed by atoms with E-state index < -0.39 is 0 Å². The molecular formula is C27H27ClN4O2. The van der Waals surface area contributed by atoms with Crippen LogP contribution in [-0.4, -0.2) is 27.9 Å². The molecule has 4 aromatic rings. The molecule has 0 saturated heterocycles. The molecule has 0 unspecified atom stereocenters. The van der Waals surface area contributed by atoms with Gasteiger partial charge in [0.25, 0.3) is 5.91 Å². The molecule has 0 atom stereocenters. The third kappa shape index (κ3) is 5.64. The summed E-state index contributed by atoms with van der Waals surface area (Å²) in [5, 5.41) is 6.31. The SMILES string of the molecule is CCc1ccc(NC(=O)Cn2c(CCCNC(=O)c3ccccc3Cl)nc3ccccc32)cc1. The van der Waals surface area contributed by atoms with Gasteiger partial charge in [0.05, 0.1) is 21.6 Å². The van der Waals surface area contributed by atoms with Crippen molar-refractivity contribution in [2.45, 2.75) is 32.7 Å². The van der Waals surface area contributed by atoms with Crippen molar-refractivity contribution < 1.29 is 9.59 Å². The Hall–Kier alpha value is -3.64. The lowest BCUT2D eigenvalue weighted by Crippen LogP contribution is -2.25. The minimum atomic E-state index is -0.201. The highest BCUT2D eigenvalue weighted by atomic mass is 35.5. The molecule has 0 saturated carbocycles. The summed E-state index contributed by atoms with van der Waals surface area (Å²) in [6, 6.07) is 22.6. The molecule has 0 fully saturated rings. The molecule has 1 heterocycles. The van der Waals surface area contributed by atoms with Gasteiger partial charge in [-0.1, -0.05) is 54.9 Å². The van der Waals surface area contributed by atoms with E-state index in [1.165, 1.54) is 5.56 Å². The Bertz CT molecular complexity index is 1300. The summed E-state index contributed by atoms with van der Waals surface area (Å²) in [4.78, 5) is 29.9. The van der Waals surface area contributed by atoms with Crippen LogP contribution < -0.4 is 10.6 Å². The topological polar surface area (TPSA) is 76.0 Å². The van der Waals surface area contributed by atoms with Gasteiger partial charge in [0.15, 0.2) is 0 Å². The summed E-state index contributed by atoms with van der Waals surface area (Å²) in [6.07, 6.45) is 2.26. The van der Waals surface area contributed by atoms with Crippen LogP contribution >= 0.6 is 11.6 Å². The van der Waals surface area contributed by atoms with Crippen molar-refractivity contribution in [3.63, 3.8) is 0 Å². The first-order chi connectivity index (χ1) is 16.5. The number of hydrogen-bond acceptors (Lipinski definition) is 3. The van der Waals surface area contributed by atoms with Crippen LogP contribution in [0.5, 0.6) is 0 Å². The van der Waals surface area contributed by atoms with Gasteiger partial charge in [0.1, 0.15) is 12.4 Å². The number of carbonyl (C=O) groups excluding carboxylic acids is 2. The lowest BCUT2D eigenvalue weighted by molar-refractivity contribution is -0.116. The second kappa shape index (κ2) is 11.0. The number of imidazole rings is 1. The summed E-state index contributed by atoms with van der Waals surface area (Å²) < 4.78 is 1.95. The highest BCUT2D eigenvalue weighted by Crippen LogP contribution is 2.18. The summed E-state index contributed by atoms with van der Waals surface area (Å²) in [7, 11) is 0. The monoisotopic (exact) mass is 474 g/mol. The summed E-state index contributed by atoms with van der Waals surface area (Å²) >= 11 is 6.10. The fraction of sp³-hybridized carbons (Fsp3) is 0.222. The van der Waals surface area contributed by atoms with E-state index in [-0.39, 0.29) is 18.4 Å². The zero-order valence-corrected chi connectivity index (χ0v) is 19.8. The molecule has 0 bridgehead atoms. The first kappa shape index (κ1) is 23.5. The van der Waals surface area contributed by atoms with Crippen molar-refractivity contribution in [3.8, 4) is 0 Å². The van der Waals surface area contributed by atoms with Crippen LogP contribution in [0.25, 0.3) is 11.0 Å². The number of halogens is 1. The van der Waals surface area contributed by atoms with Crippen molar-refractivity contribution in [2.24, 2.45) is 0 Å². The number of hydrogen-bond donors (Lipinski definition) is 2. The van der Waals surface area contributed by atoms with E-state index >= 15 is 0 Å². The minimum Gasteiger partial charge on any atom is -0.352 e. The summed E-state index contributed by atoms with van der Waals surface area (Å²) in [5.74, 6) is 0.498. The van der Waals surface area contributed by atoms with Crippen LogP contribution in [0.15, 0.2) is 72.8 Å². The Morgan fingerprint density at radius 2 is 1.71 bits per heavy atom. The number of aromatic nitrogens is 2. The summed E-state index contributed by atoms with van der Waals surface area (Å²) in [5.41, 5.74) is 4.21. The smallest absolute Gasteiger partial charge is 0.252 e. The van der Waals surface area contributed by atoms with Crippen molar-refractivity contribution in [2.75, 3.05) is 11.9 Å². The Labute approximate surface area is 204 Å². The highest BCUT2D eigenvalue weighted by molar-refractivity contribution is 6.33. The molecule has 0 aliphatic carbocycles. The Balaban J connectivity index is 1.41. The molecular weight excluding hydrogens is 448 g/mol. The van der Waals surface area contributed by atoms with Crippen LogP contribution in [0.4, 0.5) is 5.69 Å². The van der Waals surface area contributed by atoms with E-state index in [1.54, 1.807) is 24.3 Å². The fourth-order valence-electron chi connectivity index (χ4n) is 3.85. The van der Waals surface area contributed by atoms with E-state index in [0.717, 1.165) is 29.0 Å². The number of para-hydroxylation sites is 2. The fourth-order valence-corrected chi connectivity index (χ4v) is 4.07. The van der Waals surface area contributed by atoms with Crippen LogP contribution in [0.3, 0.4) is 0 Å². The number of nitrogens with one attached hydrogen (secondary N) is 2. The van der Waals surface area contributed by atoms with Gasteiger partial charge in [-0.05, 0) is 54.8 Å². The predicted octanol–water partition coefficient (Wildman–Crippen LogP) is 5.25. The van der Waals surface area contributed by atoms with Gasteiger partial charge < -0.3 is 15.2 Å². The van der Waals surface area contributed by atoms with Gasteiger partial charge in [-0.3, -0.25) is 9.59 Å². The van der Waals surface area contributed by atoms with Gasteiger partial charge in [-0.15, -0.1) is 0 Å². The van der Waals surface area contributed by atoms with Crippen molar-refractivity contribution >= 4 is 40.1 Å². The molecule has 1 aromatic heterocycles. The number of aryl methyl sites for hydroxylation is 2. The van der Waals surface area contributed by atoms with Crippen molar-refractivity contribution in [1.82, 2.24) is 14.9 Å². The van der Waals surface area contributed by atoms with Gasteiger partial charge in [-0.25, -0.2) is 4.98 Å². The number of nitrogens with zero attached hydrogens (tertiary/aromatic N) is 2. The zero-order valence-electron chi connectivity index (χ0n) is 19.1. The van der Waals surface area contributed by atoms with Crippen LogP contribution in [0.2, 0.25) is 5.02 Å². The molecule has 34 heavy (non-hydrogen) atoms. The third-order valence-electron chi connectivity index (χ3n) is 5.66. The first-order valence-electron chi connectivity index (χ1n) is 11.4. The van der Waals surface area contributed by atoms with Gasteiger partial charge in [0.2, 0.25) is 5.91 Å². The highest BCUT2D eigenvalue weighted by Gasteiger charge is 2.14. The van der Waals surface area contributed by atoms with E-state index in [0.29, 0.717) is 30.0 Å². The molecule has 0 radical (unpaired) electrons. The minimum absolute atomic E-state index is 0.110. The van der Waals surface area contributed by atoms with E-state index in [9.17, 15) is 9.59 Å². The first-order valence-corrected chi connectivity index (χ1v) is 11.8. The summed E-state index contributed by atoms with van der Waals surface area (Å²) in [6.45, 7) is 2.74. The average Bonchev–Trinajstić information content (AvgIpc) is 3.19. The molecule has 0 aliphatic rings. The van der Waals surface area contributed by atoms with Crippen molar-refractivity contribution in [3.05, 3.63) is 94.8 Å². The van der Waals surface area contributed by atoms with Crippen molar-refractivity contribution in [1.29, 1.82) is 0 Å². The normalized spacial score (nSPS) is 10.9. The maximum absolute atomic E-state index is 12.8. The molecule has 174 valence electrons. The molecule has 7 heteroatoms. The third-order valence-corrected chi connectivity index (χ3v) is 5.99. The zero-order chi connectivity index (χ0) is 23.9. The molecule has 2 amide bonds. The quantitative estimate of drug-likeness (QED) is 0.325. The molecule has 0 aliphatic heterocycles. The van der Waals surface area contributed by atoms with Gasteiger partial charge in [-0.2, -0.15) is 0 Å². The molecule has 4 rings (SSSR count). The average molecular weight is 475 g/mol. The lowest BCUT2D eigenvalue weighted by atomic mass is 10.1. The second-order valence-corrected chi connectivity index (χ2v) is 8.45. The number of amides is 2. The maximum Gasteiger partial charge on any atom is 0.252 e. The second-order valence-electron chi connectivity index (χ2n) is 8.04. The number of carbonyl (C=O) groups is 2. The van der Waals surface area contributed by atoms with Crippen LogP contribution in [0.1, 0.15) is 35.1 Å². The number of benzene rings is 3. The van der Waals surface area contributed by atoms with Gasteiger partial charge in [0, 0.05) is 18.7 Å². The van der Waals surface area contributed by atoms with Crippen LogP contribution in [0, 0.1) is 0 Å². The Kier molecular flexibility index (Phi) is 7.60. The van der Waals surface area contributed by atoms with Gasteiger partial charge >= 0.3 is 0 Å². The van der Waals surface area contributed by atoms with E-state index in [4.69, 9.17) is 16.6 Å². The van der Waals surface area contributed by atoms with Crippen LogP contribution in [-0.2, 0) is 24.2 Å².